The topological polar surface area (TPSA) is 66.9 Å². The van der Waals surface area contributed by atoms with Crippen LogP contribution in [0.25, 0.3) is 0 Å². The number of hydrogen-bond acceptors (Lipinski definition) is 5. The van der Waals surface area contributed by atoms with Crippen molar-refractivity contribution in [3.63, 3.8) is 0 Å². The fraction of sp³-hybridized carbons (Fsp3) is 0.348. The molecule has 2 aromatic rings. The Bertz CT molecular complexity index is 1090. The molecule has 4 atom stereocenters. The van der Waals surface area contributed by atoms with Gasteiger partial charge in [-0.25, -0.2) is 9.29 Å². The average molecular weight is 443 g/mol. The lowest BCUT2D eigenvalue weighted by atomic mass is 9.85. The smallest absolute Gasteiger partial charge is 0.239 e. The number of amides is 2. The van der Waals surface area contributed by atoms with Crippen LogP contribution < -0.4 is 9.64 Å². The van der Waals surface area contributed by atoms with E-state index in [0.29, 0.717) is 22.9 Å². The van der Waals surface area contributed by atoms with E-state index in [9.17, 15) is 18.8 Å². The SMILES string of the molecule is COc1ccc(Cl)cc1N1C(=O)C2C(C1=O)C(C(=O)c1ccc(F)cc1)N1CCCC21. The molecule has 31 heavy (non-hydrogen) atoms. The van der Waals surface area contributed by atoms with Crippen molar-refractivity contribution in [2.24, 2.45) is 11.8 Å². The van der Waals surface area contributed by atoms with Crippen LogP contribution in [0.4, 0.5) is 10.1 Å². The first-order valence-electron chi connectivity index (χ1n) is 10.2. The van der Waals surface area contributed by atoms with Crippen molar-refractivity contribution in [3.8, 4) is 5.75 Å². The van der Waals surface area contributed by atoms with Gasteiger partial charge in [-0.2, -0.15) is 0 Å². The minimum Gasteiger partial charge on any atom is -0.495 e. The van der Waals surface area contributed by atoms with E-state index >= 15 is 0 Å². The van der Waals surface area contributed by atoms with E-state index in [4.69, 9.17) is 16.3 Å². The third-order valence-electron chi connectivity index (χ3n) is 6.63. The molecule has 2 aromatic carbocycles. The first-order chi connectivity index (χ1) is 14.9. The zero-order chi connectivity index (χ0) is 21.9. The van der Waals surface area contributed by atoms with Crippen molar-refractivity contribution in [1.82, 2.24) is 4.90 Å². The number of ketones is 1. The summed E-state index contributed by atoms with van der Waals surface area (Å²) < 4.78 is 18.7. The number of hydrogen-bond donors (Lipinski definition) is 0. The summed E-state index contributed by atoms with van der Waals surface area (Å²) >= 11 is 6.13. The molecule has 0 radical (unpaired) electrons. The maximum Gasteiger partial charge on any atom is 0.239 e. The average Bonchev–Trinajstić information content (AvgIpc) is 3.40. The molecule has 160 valence electrons. The lowest BCUT2D eigenvalue weighted by molar-refractivity contribution is -0.123. The summed E-state index contributed by atoms with van der Waals surface area (Å²) in [6.07, 6.45) is 1.59. The Hall–Kier alpha value is -2.77. The summed E-state index contributed by atoms with van der Waals surface area (Å²) in [6, 6.07) is 9.13. The second-order valence-corrected chi connectivity index (χ2v) is 8.58. The monoisotopic (exact) mass is 442 g/mol. The van der Waals surface area contributed by atoms with Crippen LogP contribution in [0.2, 0.25) is 5.02 Å². The van der Waals surface area contributed by atoms with E-state index < -0.39 is 29.6 Å². The summed E-state index contributed by atoms with van der Waals surface area (Å²) in [5, 5.41) is 0.370. The van der Waals surface area contributed by atoms with E-state index in [1.165, 1.54) is 37.4 Å². The maximum absolute atomic E-state index is 13.6. The number of ether oxygens (including phenoxy) is 1. The van der Waals surface area contributed by atoms with E-state index in [0.717, 1.165) is 17.7 Å². The molecule has 0 N–H and O–H groups in total. The highest BCUT2D eigenvalue weighted by atomic mass is 35.5. The summed E-state index contributed by atoms with van der Waals surface area (Å²) in [5.41, 5.74) is 0.619. The number of Topliss-reactive ketones (excluding diaryl/α,β-unsaturated/α-hetero) is 1. The highest BCUT2D eigenvalue weighted by Gasteiger charge is 2.65. The number of carbonyl (C=O) groups excluding carboxylic acids is 3. The van der Waals surface area contributed by atoms with E-state index in [2.05, 4.69) is 0 Å². The molecule has 3 fully saturated rings. The van der Waals surface area contributed by atoms with Crippen LogP contribution in [0.15, 0.2) is 42.5 Å². The predicted octanol–water partition coefficient (Wildman–Crippen LogP) is 3.32. The number of imide groups is 1. The van der Waals surface area contributed by atoms with E-state index in [1.54, 1.807) is 12.1 Å². The van der Waals surface area contributed by atoms with Crippen LogP contribution in [0.1, 0.15) is 23.2 Å². The van der Waals surface area contributed by atoms with Crippen LogP contribution in [-0.4, -0.2) is 48.2 Å². The van der Waals surface area contributed by atoms with E-state index in [-0.39, 0.29) is 23.4 Å². The van der Waals surface area contributed by atoms with Gasteiger partial charge in [-0.05, 0) is 61.9 Å². The molecule has 0 bridgehead atoms. The number of fused-ring (bicyclic) bond motifs is 3. The molecular formula is C23H20ClFN2O4. The second kappa shape index (κ2) is 7.43. The number of carbonyl (C=O) groups is 3. The summed E-state index contributed by atoms with van der Waals surface area (Å²) in [7, 11) is 1.46. The Morgan fingerprint density at radius 1 is 1.10 bits per heavy atom. The van der Waals surface area contributed by atoms with Gasteiger partial charge >= 0.3 is 0 Å². The zero-order valence-corrected chi connectivity index (χ0v) is 17.5. The zero-order valence-electron chi connectivity index (χ0n) is 16.8. The summed E-state index contributed by atoms with van der Waals surface area (Å²) in [5.74, 6) is -2.50. The predicted molar refractivity (Wildman–Crippen MR) is 112 cm³/mol. The van der Waals surface area contributed by atoms with Crippen LogP contribution in [0.5, 0.6) is 5.75 Å². The Labute approximate surface area is 183 Å². The van der Waals surface area contributed by atoms with Crippen LogP contribution in [0.3, 0.4) is 0 Å². The molecule has 0 aliphatic carbocycles. The fourth-order valence-corrected chi connectivity index (χ4v) is 5.54. The van der Waals surface area contributed by atoms with Crippen molar-refractivity contribution < 1.29 is 23.5 Å². The molecule has 0 saturated carbocycles. The number of methoxy groups -OCH3 is 1. The molecular weight excluding hydrogens is 423 g/mol. The van der Waals surface area contributed by atoms with Crippen molar-refractivity contribution in [2.45, 2.75) is 24.9 Å². The van der Waals surface area contributed by atoms with Crippen molar-refractivity contribution in [3.05, 3.63) is 58.9 Å². The first kappa shape index (κ1) is 20.2. The first-order valence-corrected chi connectivity index (χ1v) is 10.6. The van der Waals surface area contributed by atoms with Gasteiger partial charge in [-0.3, -0.25) is 19.3 Å². The Kier molecular flexibility index (Phi) is 4.83. The lowest BCUT2D eigenvalue weighted by Crippen LogP contribution is -2.46. The van der Waals surface area contributed by atoms with Gasteiger partial charge in [-0.1, -0.05) is 11.6 Å². The molecule has 8 heteroatoms. The van der Waals surface area contributed by atoms with Crippen molar-refractivity contribution >= 4 is 34.9 Å². The van der Waals surface area contributed by atoms with Gasteiger partial charge < -0.3 is 4.74 Å². The number of nitrogens with zero attached hydrogens (tertiary/aromatic N) is 2. The van der Waals surface area contributed by atoms with Crippen LogP contribution in [-0.2, 0) is 9.59 Å². The van der Waals surface area contributed by atoms with Crippen LogP contribution >= 0.6 is 11.6 Å². The Morgan fingerprint density at radius 2 is 1.81 bits per heavy atom. The van der Waals surface area contributed by atoms with E-state index in [1.807, 2.05) is 4.90 Å². The molecule has 6 nitrogen and oxygen atoms in total. The minimum atomic E-state index is -0.793. The largest absolute Gasteiger partial charge is 0.495 e. The third-order valence-corrected chi connectivity index (χ3v) is 6.87. The number of rotatable bonds is 4. The van der Waals surface area contributed by atoms with Crippen LogP contribution in [0, 0.1) is 17.7 Å². The van der Waals surface area contributed by atoms with Gasteiger partial charge in [0.15, 0.2) is 5.78 Å². The molecule has 0 aromatic heterocycles. The van der Waals surface area contributed by atoms with Gasteiger partial charge in [-0.15, -0.1) is 0 Å². The number of anilines is 1. The molecule has 4 unspecified atom stereocenters. The summed E-state index contributed by atoms with van der Waals surface area (Å²) in [4.78, 5) is 43.6. The maximum atomic E-state index is 13.6. The lowest BCUT2D eigenvalue weighted by Gasteiger charge is -2.28. The fourth-order valence-electron chi connectivity index (χ4n) is 5.38. The van der Waals surface area contributed by atoms with Gasteiger partial charge in [0.1, 0.15) is 11.6 Å². The number of benzene rings is 2. The highest BCUT2D eigenvalue weighted by Crippen LogP contribution is 2.49. The van der Waals surface area contributed by atoms with Gasteiger partial charge in [0.2, 0.25) is 11.8 Å². The molecule has 3 aliphatic rings. The third kappa shape index (κ3) is 2.98. The standard InChI is InChI=1S/C23H20ClFN2O4/c1-31-17-9-6-13(24)11-16(17)27-22(29)18-15-3-2-10-26(15)20(19(18)23(27)30)21(28)12-4-7-14(25)8-5-12/h4-9,11,15,18-20H,2-3,10H2,1H3. The molecule has 5 rings (SSSR count). The molecule has 3 aliphatic heterocycles. The normalized spacial score (nSPS) is 27.5. The van der Waals surface area contributed by atoms with Crippen molar-refractivity contribution in [1.29, 1.82) is 0 Å². The Morgan fingerprint density at radius 3 is 2.52 bits per heavy atom. The summed E-state index contributed by atoms with van der Waals surface area (Å²) in [6.45, 7) is 0.649. The molecule has 0 spiro atoms. The highest BCUT2D eigenvalue weighted by molar-refractivity contribution is 6.32. The quantitative estimate of drug-likeness (QED) is 0.536. The Balaban J connectivity index is 1.57. The molecule has 3 heterocycles. The second-order valence-electron chi connectivity index (χ2n) is 8.14. The molecule has 3 saturated heterocycles. The van der Waals surface area contributed by atoms with Gasteiger partial charge in [0, 0.05) is 16.6 Å². The van der Waals surface area contributed by atoms with Crippen molar-refractivity contribution in [2.75, 3.05) is 18.6 Å². The van der Waals surface area contributed by atoms with Gasteiger partial charge in [0.05, 0.1) is 30.7 Å². The minimum absolute atomic E-state index is 0.175. The number of halogens is 2. The van der Waals surface area contributed by atoms with Gasteiger partial charge in [0.25, 0.3) is 0 Å². The molecule has 2 amide bonds.